The highest BCUT2D eigenvalue weighted by Gasteiger charge is 2.20. The fourth-order valence-corrected chi connectivity index (χ4v) is 3.59. The number of rotatable bonds is 3. The highest BCUT2D eigenvalue weighted by molar-refractivity contribution is 6.30. The van der Waals surface area contributed by atoms with Crippen LogP contribution in [0.2, 0.25) is 5.02 Å². The fourth-order valence-electron chi connectivity index (χ4n) is 3.46. The van der Waals surface area contributed by atoms with Gasteiger partial charge in [0.25, 0.3) is 0 Å². The van der Waals surface area contributed by atoms with E-state index in [4.69, 9.17) is 11.6 Å². The Morgan fingerprint density at radius 3 is 2.50 bits per heavy atom. The summed E-state index contributed by atoms with van der Waals surface area (Å²) in [5.41, 5.74) is 7.38. The van der Waals surface area contributed by atoms with Gasteiger partial charge >= 0.3 is 0 Å². The van der Waals surface area contributed by atoms with Crippen molar-refractivity contribution in [2.24, 2.45) is 0 Å². The molecule has 26 heavy (non-hydrogen) atoms. The molecule has 0 spiro atoms. The van der Waals surface area contributed by atoms with Gasteiger partial charge in [0.2, 0.25) is 0 Å². The standard InChI is InChI=1S/C21H19ClN4/c1-13-19-20(15-7-9-16(22)10-8-15)14(2)26(21(19)25-12-24-13)18-6-4-5-17(11-18)23-3/h4-12,23H,1-3H3. The molecule has 0 unspecified atom stereocenters. The van der Waals surface area contributed by atoms with Crippen LogP contribution < -0.4 is 5.32 Å². The van der Waals surface area contributed by atoms with Crippen molar-refractivity contribution in [1.29, 1.82) is 0 Å². The molecular formula is C21H19ClN4. The van der Waals surface area contributed by atoms with Gasteiger partial charge in [-0.2, -0.15) is 0 Å². The molecule has 0 aliphatic rings. The van der Waals surface area contributed by atoms with E-state index in [2.05, 4.69) is 38.9 Å². The summed E-state index contributed by atoms with van der Waals surface area (Å²) in [4.78, 5) is 9.03. The van der Waals surface area contributed by atoms with Crippen molar-refractivity contribution in [3.8, 4) is 16.8 Å². The molecule has 130 valence electrons. The first kappa shape index (κ1) is 16.6. The number of aryl methyl sites for hydroxylation is 1. The average Bonchev–Trinajstić information content (AvgIpc) is 2.96. The van der Waals surface area contributed by atoms with Crippen molar-refractivity contribution in [2.45, 2.75) is 13.8 Å². The van der Waals surface area contributed by atoms with Gasteiger partial charge in [0.05, 0.1) is 5.69 Å². The number of nitrogens with zero attached hydrogens (tertiary/aromatic N) is 3. The topological polar surface area (TPSA) is 42.7 Å². The van der Waals surface area contributed by atoms with Gasteiger partial charge in [-0.15, -0.1) is 0 Å². The third kappa shape index (κ3) is 2.63. The van der Waals surface area contributed by atoms with Crippen LogP contribution in [0.5, 0.6) is 0 Å². The molecule has 0 radical (unpaired) electrons. The Balaban J connectivity index is 2.07. The second-order valence-electron chi connectivity index (χ2n) is 6.26. The van der Waals surface area contributed by atoms with Gasteiger partial charge < -0.3 is 5.32 Å². The zero-order valence-electron chi connectivity index (χ0n) is 14.9. The predicted molar refractivity (Wildman–Crippen MR) is 108 cm³/mol. The molecular weight excluding hydrogens is 344 g/mol. The SMILES string of the molecule is CNc1cccc(-n2c(C)c(-c3ccc(Cl)cc3)c3c(C)ncnc32)c1. The van der Waals surface area contributed by atoms with Crippen LogP contribution >= 0.6 is 11.6 Å². The second kappa shape index (κ2) is 6.46. The molecule has 0 fully saturated rings. The first-order valence-corrected chi connectivity index (χ1v) is 8.84. The molecule has 0 bridgehead atoms. The van der Waals surface area contributed by atoms with Crippen molar-refractivity contribution >= 4 is 28.3 Å². The maximum atomic E-state index is 6.09. The van der Waals surface area contributed by atoms with E-state index in [0.29, 0.717) is 0 Å². The van der Waals surface area contributed by atoms with E-state index >= 15 is 0 Å². The van der Waals surface area contributed by atoms with Crippen LogP contribution in [0.1, 0.15) is 11.4 Å². The van der Waals surface area contributed by atoms with Gasteiger partial charge in [0.1, 0.15) is 12.0 Å². The molecule has 0 amide bonds. The number of hydrogen-bond acceptors (Lipinski definition) is 3. The van der Waals surface area contributed by atoms with Gasteiger partial charge in [0.15, 0.2) is 0 Å². The van der Waals surface area contributed by atoms with Crippen molar-refractivity contribution < 1.29 is 0 Å². The third-order valence-electron chi connectivity index (χ3n) is 4.70. The summed E-state index contributed by atoms with van der Waals surface area (Å²) >= 11 is 6.09. The minimum atomic E-state index is 0.727. The van der Waals surface area contributed by atoms with Gasteiger partial charge in [-0.05, 0) is 49.7 Å². The largest absolute Gasteiger partial charge is 0.388 e. The molecule has 4 rings (SSSR count). The number of benzene rings is 2. The summed E-state index contributed by atoms with van der Waals surface area (Å²) in [6.07, 6.45) is 1.63. The van der Waals surface area contributed by atoms with E-state index in [9.17, 15) is 0 Å². The second-order valence-corrected chi connectivity index (χ2v) is 6.70. The Hall–Kier alpha value is -2.85. The summed E-state index contributed by atoms with van der Waals surface area (Å²) in [6.45, 7) is 4.15. The molecule has 5 heteroatoms. The number of hydrogen-bond donors (Lipinski definition) is 1. The number of nitrogens with one attached hydrogen (secondary N) is 1. The molecule has 0 aliphatic heterocycles. The minimum absolute atomic E-state index is 0.727. The molecule has 2 aromatic carbocycles. The Bertz CT molecular complexity index is 1100. The van der Waals surface area contributed by atoms with E-state index in [1.807, 2.05) is 50.4 Å². The molecule has 0 aliphatic carbocycles. The Morgan fingerprint density at radius 2 is 1.77 bits per heavy atom. The maximum Gasteiger partial charge on any atom is 0.149 e. The zero-order valence-corrected chi connectivity index (χ0v) is 15.7. The summed E-state index contributed by atoms with van der Waals surface area (Å²) < 4.78 is 2.19. The molecule has 1 N–H and O–H groups in total. The van der Waals surface area contributed by atoms with E-state index in [1.54, 1.807) is 6.33 Å². The molecule has 2 aromatic heterocycles. The van der Waals surface area contributed by atoms with Crippen LogP contribution in [0, 0.1) is 13.8 Å². The molecule has 2 heterocycles. The van der Waals surface area contributed by atoms with E-state index in [-0.39, 0.29) is 0 Å². The molecule has 4 nitrogen and oxygen atoms in total. The summed E-state index contributed by atoms with van der Waals surface area (Å²) in [5.74, 6) is 0. The van der Waals surface area contributed by atoms with Crippen molar-refractivity contribution in [3.63, 3.8) is 0 Å². The van der Waals surface area contributed by atoms with Gasteiger partial charge in [0, 0.05) is 40.1 Å². The van der Waals surface area contributed by atoms with Crippen molar-refractivity contribution in [1.82, 2.24) is 14.5 Å². The van der Waals surface area contributed by atoms with Crippen molar-refractivity contribution in [2.75, 3.05) is 12.4 Å². The van der Waals surface area contributed by atoms with E-state index in [0.717, 1.165) is 49.9 Å². The first-order chi connectivity index (χ1) is 12.6. The van der Waals surface area contributed by atoms with Crippen LogP contribution in [0.4, 0.5) is 5.69 Å². The Labute approximate surface area is 157 Å². The van der Waals surface area contributed by atoms with Crippen LogP contribution in [-0.4, -0.2) is 21.6 Å². The summed E-state index contributed by atoms with van der Waals surface area (Å²) in [7, 11) is 1.92. The van der Waals surface area contributed by atoms with Gasteiger partial charge in [-0.25, -0.2) is 9.97 Å². The molecule has 0 atom stereocenters. The summed E-state index contributed by atoms with van der Waals surface area (Å²) in [6, 6.07) is 16.2. The average molecular weight is 363 g/mol. The third-order valence-corrected chi connectivity index (χ3v) is 4.95. The lowest BCUT2D eigenvalue weighted by Gasteiger charge is -2.10. The van der Waals surface area contributed by atoms with E-state index in [1.165, 1.54) is 0 Å². The van der Waals surface area contributed by atoms with Crippen molar-refractivity contribution in [3.05, 3.63) is 71.3 Å². The van der Waals surface area contributed by atoms with E-state index < -0.39 is 0 Å². The molecule has 0 saturated carbocycles. The Morgan fingerprint density at radius 1 is 1.00 bits per heavy atom. The first-order valence-electron chi connectivity index (χ1n) is 8.47. The smallest absolute Gasteiger partial charge is 0.149 e. The van der Waals surface area contributed by atoms with Gasteiger partial charge in [-0.3, -0.25) is 4.57 Å². The monoisotopic (exact) mass is 362 g/mol. The normalized spacial score (nSPS) is 11.1. The highest BCUT2D eigenvalue weighted by Crippen LogP contribution is 2.37. The van der Waals surface area contributed by atoms with Crippen LogP contribution in [0.15, 0.2) is 54.9 Å². The fraction of sp³-hybridized carbons (Fsp3) is 0.143. The molecule has 4 aromatic rings. The Kier molecular flexibility index (Phi) is 4.13. The number of anilines is 1. The number of halogens is 1. The zero-order chi connectivity index (χ0) is 18.3. The minimum Gasteiger partial charge on any atom is -0.388 e. The van der Waals surface area contributed by atoms with Crippen LogP contribution in [0.3, 0.4) is 0 Å². The number of aromatic nitrogens is 3. The summed E-state index contributed by atoms with van der Waals surface area (Å²) in [5, 5.41) is 5.00. The lowest BCUT2D eigenvalue weighted by molar-refractivity contribution is 1.02. The highest BCUT2D eigenvalue weighted by atomic mass is 35.5. The van der Waals surface area contributed by atoms with Crippen LogP contribution in [0.25, 0.3) is 27.8 Å². The number of fused-ring (bicyclic) bond motifs is 1. The lowest BCUT2D eigenvalue weighted by atomic mass is 10.0. The lowest BCUT2D eigenvalue weighted by Crippen LogP contribution is -1.99. The molecule has 0 saturated heterocycles. The van der Waals surface area contributed by atoms with Crippen LogP contribution in [-0.2, 0) is 0 Å². The predicted octanol–water partition coefficient (Wildman–Crippen LogP) is 5.40. The maximum absolute atomic E-state index is 6.09. The van der Waals surface area contributed by atoms with Gasteiger partial charge in [-0.1, -0.05) is 29.8 Å². The quantitative estimate of drug-likeness (QED) is 0.530.